The molecule has 2 heterocycles. The van der Waals surface area contributed by atoms with Crippen LogP contribution in [0.3, 0.4) is 0 Å². The second-order valence-electron chi connectivity index (χ2n) is 8.76. The van der Waals surface area contributed by atoms with Crippen LogP contribution >= 0.6 is 0 Å². The number of amides is 1. The highest BCUT2D eigenvalue weighted by atomic mass is 16.2. The Labute approximate surface area is 181 Å². The van der Waals surface area contributed by atoms with Crippen LogP contribution in [0, 0.1) is 5.92 Å². The van der Waals surface area contributed by atoms with Gasteiger partial charge >= 0.3 is 5.69 Å². The number of fused-ring (bicyclic) bond motifs is 1. The van der Waals surface area contributed by atoms with E-state index >= 15 is 0 Å². The molecule has 0 spiro atoms. The Balaban J connectivity index is 1.16. The average Bonchev–Trinajstić information content (AvgIpc) is 3.51. The number of aromatic amines is 1. The number of carbonyl (C=O) groups excluding carboxylic acids is 1. The minimum Gasteiger partial charge on any atom is -0.352 e. The van der Waals surface area contributed by atoms with Crippen molar-refractivity contribution in [1.82, 2.24) is 19.8 Å². The second kappa shape index (κ2) is 8.19. The molecular weight excluding hydrogens is 388 g/mol. The van der Waals surface area contributed by atoms with Crippen molar-refractivity contribution in [2.45, 2.75) is 31.7 Å². The van der Waals surface area contributed by atoms with E-state index in [0.29, 0.717) is 5.92 Å². The van der Waals surface area contributed by atoms with E-state index in [-0.39, 0.29) is 23.6 Å². The zero-order chi connectivity index (χ0) is 21.4. The molecule has 2 N–H and O–H groups in total. The summed E-state index contributed by atoms with van der Waals surface area (Å²) in [4.78, 5) is 30.3. The van der Waals surface area contributed by atoms with Crippen LogP contribution < -0.4 is 11.0 Å². The molecule has 1 aliphatic heterocycles. The van der Waals surface area contributed by atoms with Gasteiger partial charge in [-0.3, -0.25) is 14.3 Å². The van der Waals surface area contributed by atoms with Crippen LogP contribution in [-0.4, -0.2) is 46.0 Å². The third-order valence-corrected chi connectivity index (χ3v) is 6.42. The first kappa shape index (κ1) is 19.8. The molecule has 0 radical (unpaired) electrons. The summed E-state index contributed by atoms with van der Waals surface area (Å²) < 4.78 is 1.79. The first-order chi connectivity index (χ1) is 15.1. The maximum Gasteiger partial charge on any atom is 0.330 e. The Bertz CT molecular complexity index is 1180. The van der Waals surface area contributed by atoms with Crippen molar-refractivity contribution in [1.29, 1.82) is 0 Å². The SMILES string of the molecule is C[C@@H](CN1CC=C(n2c(=O)[nH]c3ccccc32)CC1)NC(=O)[C@H]1C[C@@H]1c1ccccc1. The number of aromatic nitrogens is 2. The van der Waals surface area contributed by atoms with Crippen molar-refractivity contribution in [2.24, 2.45) is 5.92 Å². The van der Waals surface area contributed by atoms with E-state index in [1.165, 1.54) is 5.56 Å². The zero-order valence-electron chi connectivity index (χ0n) is 17.8. The summed E-state index contributed by atoms with van der Waals surface area (Å²) in [5.74, 6) is 0.634. The molecule has 1 fully saturated rings. The maximum absolute atomic E-state index is 12.6. The molecule has 5 rings (SSSR count). The molecule has 1 aromatic heterocycles. The number of rotatable bonds is 6. The number of hydrogen-bond donors (Lipinski definition) is 2. The van der Waals surface area contributed by atoms with E-state index < -0.39 is 0 Å². The van der Waals surface area contributed by atoms with Gasteiger partial charge in [0.05, 0.1) is 11.0 Å². The maximum atomic E-state index is 12.6. The lowest BCUT2D eigenvalue weighted by Crippen LogP contribution is -2.44. The van der Waals surface area contributed by atoms with Crippen LogP contribution in [-0.2, 0) is 4.79 Å². The van der Waals surface area contributed by atoms with Crippen molar-refractivity contribution >= 4 is 22.6 Å². The number of para-hydroxylation sites is 2. The predicted molar refractivity (Wildman–Crippen MR) is 123 cm³/mol. The highest BCUT2D eigenvalue weighted by Crippen LogP contribution is 2.47. The van der Waals surface area contributed by atoms with Gasteiger partial charge in [0, 0.05) is 43.7 Å². The largest absolute Gasteiger partial charge is 0.352 e. The number of nitrogens with one attached hydrogen (secondary N) is 2. The highest BCUT2D eigenvalue weighted by Gasteiger charge is 2.44. The minimum absolute atomic E-state index is 0.0843. The number of benzene rings is 2. The fourth-order valence-corrected chi connectivity index (χ4v) is 4.75. The van der Waals surface area contributed by atoms with E-state index in [2.05, 4.69) is 40.3 Å². The molecule has 6 nitrogen and oxygen atoms in total. The summed E-state index contributed by atoms with van der Waals surface area (Å²) in [6.45, 7) is 4.52. The predicted octanol–water partition coefficient (Wildman–Crippen LogP) is 3.18. The lowest BCUT2D eigenvalue weighted by atomic mass is 10.1. The summed E-state index contributed by atoms with van der Waals surface area (Å²) in [5.41, 5.74) is 4.00. The Morgan fingerprint density at radius 3 is 2.71 bits per heavy atom. The van der Waals surface area contributed by atoms with E-state index in [1.807, 2.05) is 42.5 Å². The van der Waals surface area contributed by atoms with Gasteiger partial charge in [-0.15, -0.1) is 0 Å². The fraction of sp³-hybridized carbons (Fsp3) is 0.360. The fourth-order valence-electron chi connectivity index (χ4n) is 4.75. The molecule has 2 aromatic carbocycles. The molecule has 1 amide bonds. The van der Waals surface area contributed by atoms with Gasteiger partial charge in [0.1, 0.15) is 0 Å². The molecule has 1 aliphatic carbocycles. The summed E-state index contributed by atoms with van der Waals surface area (Å²) in [7, 11) is 0. The second-order valence-corrected chi connectivity index (χ2v) is 8.76. The smallest absolute Gasteiger partial charge is 0.330 e. The Morgan fingerprint density at radius 1 is 1.16 bits per heavy atom. The van der Waals surface area contributed by atoms with Crippen LogP contribution in [0.25, 0.3) is 16.7 Å². The van der Waals surface area contributed by atoms with Crippen LogP contribution in [0.2, 0.25) is 0 Å². The molecule has 31 heavy (non-hydrogen) atoms. The molecule has 0 bridgehead atoms. The third-order valence-electron chi connectivity index (χ3n) is 6.42. The number of nitrogens with zero attached hydrogens (tertiary/aromatic N) is 2. The quantitative estimate of drug-likeness (QED) is 0.648. The van der Waals surface area contributed by atoms with E-state index in [1.54, 1.807) is 4.57 Å². The number of hydrogen-bond acceptors (Lipinski definition) is 3. The van der Waals surface area contributed by atoms with Crippen molar-refractivity contribution < 1.29 is 4.79 Å². The first-order valence-corrected chi connectivity index (χ1v) is 11.1. The van der Waals surface area contributed by atoms with Crippen LogP contribution in [0.1, 0.15) is 31.2 Å². The van der Waals surface area contributed by atoms with Gasteiger partial charge in [-0.2, -0.15) is 0 Å². The topological polar surface area (TPSA) is 70.1 Å². The normalized spacial score (nSPS) is 22.2. The van der Waals surface area contributed by atoms with Gasteiger partial charge in [-0.25, -0.2) is 4.79 Å². The Kier molecular flexibility index (Phi) is 5.24. The molecule has 0 saturated heterocycles. The standard InChI is InChI=1S/C25H28N4O2/c1-17(26-24(30)21-15-20(21)18-7-3-2-4-8-18)16-28-13-11-19(12-14-28)29-23-10-6-5-9-22(23)27-25(29)31/h2-11,17,20-21H,12-16H2,1H3,(H,26,30)(H,27,31)/t17-,20+,21-/m0/s1. The third kappa shape index (κ3) is 4.08. The lowest BCUT2D eigenvalue weighted by Gasteiger charge is -2.29. The van der Waals surface area contributed by atoms with E-state index in [4.69, 9.17) is 0 Å². The summed E-state index contributed by atoms with van der Waals surface area (Å²) in [6.07, 6.45) is 3.88. The zero-order valence-corrected chi connectivity index (χ0v) is 17.8. The molecule has 2 aliphatic rings. The van der Waals surface area contributed by atoms with E-state index in [0.717, 1.165) is 49.2 Å². The van der Waals surface area contributed by atoms with Gasteiger partial charge in [-0.1, -0.05) is 48.5 Å². The molecule has 3 aromatic rings. The molecule has 3 atom stereocenters. The van der Waals surface area contributed by atoms with Crippen molar-refractivity contribution in [3.63, 3.8) is 0 Å². The van der Waals surface area contributed by atoms with Gasteiger partial charge in [-0.05, 0) is 37.0 Å². The van der Waals surface area contributed by atoms with Crippen molar-refractivity contribution in [3.8, 4) is 0 Å². The monoisotopic (exact) mass is 416 g/mol. The molecule has 160 valence electrons. The Hall–Kier alpha value is -3.12. The van der Waals surface area contributed by atoms with Gasteiger partial charge in [0.25, 0.3) is 0 Å². The first-order valence-electron chi connectivity index (χ1n) is 11.1. The minimum atomic E-state index is -0.0843. The summed E-state index contributed by atoms with van der Waals surface area (Å²) in [6, 6.07) is 18.2. The summed E-state index contributed by atoms with van der Waals surface area (Å²) in [5, 5.41) is 3.20. The van der Waals surface area contributed by atoms with Crippen molar-refractivity contribution in [2.75, 3.05) is 19.6 Å². The van der Waals surface area contributed by atoms with Crippen molar-refractivity contribution in [3.05, 3.63) is 76.7 Å². The lowest BCUT2D eigenvalue weighted by molar-refractivity contribution is -0.123. The van der Waals surface area contributed by atoms with Gasteiger partial charge in [0.15, 0.2) is 0 Å². The van der Waals surface area contributed by atoms with Crippen LogP contribution in [0.4, 0.5) is 0 Å². The van der Waals surface area contributed by atoms with Gasteiger partial charge in [0.2, 0.25) is 5.91 Å². The molecule has 6 heteroatoms. The average molecular weight is 417 g/mol. The van der Waals surface area contributed by atoms with Gasteiger partial charge < -0.3 is 10.3 Å². The number of imidazole rings is 1. The Morgan fingerprint density at radius 2 is 1.94 bits per heavy atom. The van der Waals surface area contributed by atoms with Crippen LogP contribution in [0.5, 0.6) is 0 Å². The van der Waals surface area contributed by atoms with E-state index in [9.17, 15) is 9.59 Å². The number of carbonyl (C=O) groups is 1. The van der Waals surface area contributed by atoms with Crippen LogP contribution in [0.15, 0.2) is 65.5 Å². The highest BCUT2D eigenvalue weighted by molar-refractivity contribution is 5.83. The molecular formula is C25H28N4O2. The molecule has 0 unspecified atom stereocenters. The molecule has 1 saturated carbocycles. The number of H-pyrrole nitrogens is 1. The summed E-state index contributed by atoms with van der Waals surface area (Å²) >= 11 is 0.